The molecule has 2 N–H and O–H groups in total. The molecule has 0 radical (unpaired) electrons. The Labute approximate surface area is 99.5 Å². The summed E-state index contributed by atoms with van der Waals surface area (Å²) in [6.45, 7) is 0. The molecule has 0 saturated heterocycles. The second-order valence-corrected chi connectivity index (χ2v) is 3.75. The lowest BCUT2D eigenvalue weighted by Crippen LogP contribution is -1.94. The summed E-state index contributed by atoms with van der Waals surface area (Å²) in [4.78, 5) is 4.14. The summed E-state index contributed by atoms with van der Waals surface area (Å²) in [5.41, 5.74) is 1.93. The van der Waals surface area contributed by atoms with E-state index in [-0.39, 0.29) is 0 Å². The number of nitrogens with one attached hydrogen (secondary N) is 2. The monoisotopic (exact) mass is 233 g/mol. The number of anilines is 3. The Morgan fingerprint density at radius 1 is 1.12 bits per heavy atom. The molecule has 0 saturated carbocycles. The molecular formula is C12H12ClN3. The largest absolute Gasteiger partial charge is 0.373 e. The lowest BCUT2D eigenvalue weighted by atomic mass is 10.3. The fourth-order valence-electron chi connectivity index (χ4n) is 1.38. The summed E-state index contributed by atoms with van der Waals surface area (Å²) in [5, 5.41) is 6.96. The van der Waals surface area contributed by atoms with E-state index in [0.717, 1.165) is 17.2 Å². The van der Waals surface area contributed by atoms with Crippen molar-refractivity contribution in [1.29, 1.82) is 0 Å². The molecule has 0 aliphatic heterocycles. The number of halogens is 1. The summed E-state index contributed by atoms with van der Waals surface area (Å²) in [6.07, 6.45) is 1.75. The van der Waals surface area contributed by atoms with Crippen LogP contribution in [-0.4, -0.2) is 12.0 Å². The van der Waals surface area contributed by atoms with Gasteiger partial charge in [-0.2, -0.15) is 0 Å². The average molecular weight is 234 g/mol. The molecule has 0 spiro atoms. The number of aromatic nitrogens is 1. The smallest absolute Gasteiger partial charge is 0.127 e. The van der Waals surface area contributed by atoms with Gasteiger partial charge in [-0.25, -0.2) is 4.98 Å². The van der Waals surface area contributed by atoms with E-state index in [2.05, 4.69) is 15.6 Å². The van der Waals surface area contributed by atoms with Crippen molar-refractivity contribution < 1.29 is 0 Å². The van der Waals surface area contributed by atoms with Crippen molar-refractivity contribution in [3.05, 3.63) is 47.6 Å². The van der Waals surface area contributed by atoms with Crippen LogP contribution in [0.25, 0.3) is 0 Å². The van der Waals surface area contributed by atoms with Crippen LogP contribution in [0.5, 0.6) is 0 Å². The first-order valence-corrected chi connectivity index (χ1v) is 5.32. The summed E-state index contributed by atoms with van der Waals surface area (Å²) in [6, 6.07) is 11.4. The van der Waals surface area contributed by atoms with E-state index >= 15 is 0 Å². The lowest BCUT2D eigenvalue weighted by molar-refractivity contribution is 1.28. The Morgan fingerprint density at radius 3 is 2.69 bits per heavy atom. The molecule has 0 atom stereocenters. The van der Waals surface area contributed by atoms with Crippen molar-refractivity contribution >= 4 is 28.8 Å². The van der Waals surface area contributed by atoms with E-state index in [4.69, 9.17) is 11.6 Å². The maximum Gasteiger partial charge on any atom is 0.127 e. The molecule has 2 rings (SSSR count). The predicted octanol–water partition coefficient (Wildman–Crippen LogP) is 3.52. The van der Waals surface area contributed by atoms with Crippen molar-refractivity contribution in [2.45, 2.75) is 0 Å². The van der Waals surface area contributed by atoms with Gasteiger partial charge in [-0.15, -0.1) is 0 Å². The fourth-order valence-corrected chi connectivity index (χ4v) is 1.57. The van der Waals surface area contributed by atoms with Crippen LogP contribution in [0.4, 0.5) is 17.2 Å². The van der Waals surface area contributed by atoms with Gasteiger partial charge >= 0.3 is 0 Å². The van der Waals surface area contributed by atoms with Crippen molar-refractivity contribution in [2.24, 2.45) is 0 Å². The Hall–Kier alpha value is -1.74. The maximum absolute atomic E-state index is 5.90. The molecular weight excluding hydrogens is 222 g/mol. The summed E-state index contributed by atoms with van der Waals surface area (Å²) in [7, 11) is 1.84. The van der Waals surface area contributed by atoms with Crippen molar-refractivity contribution in [3.63, 3.8) is 0 Å². The topological polar surface area (TPSA) is 37.0 Å². The van der Waals surface area contributed by atoms with Crippen molar-refractivity contribution in [2.75, 3.05) is 17.7 Å². The zero-order chi connectivity index (χ0) is 11.4. The van der Waals surface area contributed by atoms with Gasteiger partial charge in [-0.3, -0.25) is 0 Å². The third-order valence-corrected chi connectivity index (χ3v) is 2.36. The van der Waals surface area contributed by atoms with Crippen LogP contribution in [0.1, 0.15) is 0 Å². The van der Waals surface area contributed by atoms with Gasteiger partial charge < -0.3 is 10.6 Å². The van der Waals surface area contributed by atoms with Gasteiger partial charge in [0.05, 0.1) is 0 Å². The number of nitrogens with zero attached hydrogens (tertiary/aromatic N) is 1. The van der Waals surface area contributed by atoms with Crippen LogP contribution in [0.2, 0.25) is 5.02 Å². The molecule has 0 aliphatic rings. The molecule has 1 aromatic heterocycles. The molecule has 0 fully saturated rings. The van der Waals surface area contributed by atoms with Crippen LogP contribution >= 0.6 is 11.6 Å². The first kappa shape index (κ1) is 10.8. The van der Waals surface area contributed by atoms with Gasteiger partial charge in [-0.05, 0) is 24.3 Å². The Kier molecular flexibility index (Phi) is 3.27. The Morgan fingerprint density at radius 2 is 1.94 bits per heavy atom. The van der Waals surface area contributed by atoms with Gasteiger partial charge in [-0.1, -0.05) is 17.7 Å². The van der Waals surface area contributed by atoms with E-state index in [0.29, 0.717) is 5.02 Å². The minimum Gasteiger partial charge on any atom is -0.373 e. The molecule has 82 valence electrons. The number of hydrogen-bond acceptors (Lipinski definition) is 3. The van der Waals surface area contributed by atoms with Crippen molar-refractivity contribution in [1.82, 2.24) is 4.98 Å². The molecule has 0 amide bonds. The summed E-state index contributed by atoms with van der Waals surface area (Å²) >= 11 is 5.90. The minimum atomic E-state index is 0.716. The molecule has 2 aromatic rings. The third kappa shape index (κ3) is 2.64. The molecule has 0 unspecified atom stereocenters. The first-order chi connectivity index (χ1) is 7.78. The van der Waals surface area contributed by atoms with E-state index in [1.165, 1.54) is 0 Å². The van der Waals surface area contributed by atoms with E-state index in [1.807, 2.05) is 43.4 Å². The zero-order valence-corrected chi connectivity index (χ0v) is 9.62. The van der Waals surface area contributed by atoms with Gasteiger partial charge in [0.2, 0.25) is 0 Å². The molecule has 1 heterocycles. The predicted molar refractivity (Wildman–Crippen MR) is 68.5 cm³/mol. The highest BCUT2D eigenvalue weighted by atomic mass is 35.5. The molecule has 16 heavy (non-hydrogen) atoms. The third-order valence-electron chi connectivity index (χ3n) is 2.13. The fraction of sp³-hybridized carbons (Fsp3) is 0.0833. The van der Waals surface area contributed by atoms with Gasteiger partial charge in [0.1, 0.15) is 5.82 Å². The highest BCUT2D eigenvalue weighted by Crippen LogP contribution is 2.20. The normalized spacial score (nSPS) is 9.88. The lowest BCUT2D eigenvalue weighted by Gasteiger charge is -2.07. The van der Waals surface area contributed by atoms with Gasteiger partial charge in [0, 0.05) is 35.7 Å². The molecule has 0 bridgehead atoms. The van der Waals surface area contributed by atoms with Crippen LogP contribution < -0.4 is 10.6 Å². The molecule has 3 nitrogen and oxygen atoms in total. The molecule has 4 heteroatoms. The molecule has 0 aliphatic carbocycles. The Bertz CT molecular complexity index is 485. The molecule has 1 aromatic carbocycles. The number of rotatable bonds is 3. The quantitative estimate of drug-likeness (QED) is 0.852. The van der Waals surface area contributed by atoms with E-state index < -0.39 is 0 Å². The second kappa shape index (κ2) is 4.86. The van der Waals surface area contributed by atoms with E-state index in [9.17, 15) is 0 Å². The number of pyridine rings is 1. The summed E-state index contributed by atoms with van der Waals surface area (Å²) < 4.78 is 0. The average Bonchev–Trinajstić information content (AvgIpc) is 2.29. The Balaban J connectivity index is 2.20. The zero-order valence-electron chi connectivity index (χ0n) is 8.87. The summed E-state index contributed by atoms with van der Waals surface area (Å²) in [5.74, 6) is 0.826. The standard InChI is InChI=1S/C12H12ClN3/c1-14-12-8-11(5-6-15-12)16-10-4-2-3-9(13)7-10/h2-8H,1H3,(H2,14,15,16). The minimum absolute atomic E-state index is 0.716. The van der Waals surface area contributed by atoms with Crippen LogP contribution in [-0.2, 0) is 0 Å². The van der Waals surface area contributed by atoms with Gasteiger partial charge in [0.15, 0.2) is 0 Å². The first-order valence-electron chi connectivity index (χ1n) is 4.94. The van der Waals surface area contributed by atoms with Crippen LogP contribution in [0, 0.1) is 0 Å². The van der Waals surface area contributed by atoms with Crippen molar-refractivity contribution in [3.8, 4) is 0 Å². The van der Waals surface area contributed by atoms with E-state index in [1.54, 1.807) is 6.20 Å². The number of hydrogen-bond donors (Lipinski definition) is 2. The van der Waals surface area contributed by atoms with Gasteiger partial charge in [0.25, 0.3) is 0 Å². The highest BCUT2D eigenvalue weighted by Gasteiger charge is 1.97. The SMILES string of the molecule is CNc1cc(Nc2cccc(Cl)c2)ccn1. The highest BCUT2D eigenvalue weighted by molar-refractivity contribution is 6.30. The van der Waals surface area contributed by atoms with Crippen LogP contribution in [0.3, 0.4) is 0 Å². The number of benzene rings is 1. The van der Waals surface area contributed by atoms with Crippen LogP contribution in [0.15, 0.2) is 42.6 Å². The maximum atomic E-state index is 5.90. The second-order valence-electron chi connectivity index (χ2n) is 3.32.